The molecular weight excluding hydrogens is 450 g/mol. The second kappa shape index (κ2) is 8.66. The third kappa shape index (κ3) is 4.14. The molecule has 5 rings (SSSR count). The summed E-state index contributed by atoms with van der Waals surface area (Å²) in [7, 11) is 0. The summed E-state index contributed by atoms with van der Waals surface area (Å²) in [5.41, 5.74) is 2.69. The number of thioether (sulfide) groups is 1. The fraction of sp³-hybridized carbons (Fsp3) is 0.0909. The minimum atomic E-state index is -0.0236. The van der Waals surface area contributed by atoms with Gasteiger partial charge in [-0.1, -0.05) is 59.0 Å². The number of halogens is 1. The molecule has 31 heavy (non-hydrogen) atoms. The van der Waals surface area contributed by atoms with Crippen LogP contribution in [0.3, 0.4) is 0 Å². The zero-order valence-electron chi connectivity index (χ0n) is 16.2. The van der Waals surface area contributed by atoms with Crippen LogP contribution in [0.15, 0.2) is 82.9 Å². The van der Waals surface area contributed by atoms with Crippen molar-refractivity contribution in [3.05, 3.63) is 99.1 Å². The van der Waals surface area contributed by atoms with E-state index >= 15 is 0 Å². The fourth-order valence-electron chi connectivity index (χ4n) is 3.30. The van der Waals surface area contributed by atoms with Crippen molar-refractivity contribution in [2.75, 3.05) is 0 Å². The summed E-state index contributed by atoms with van der Waals surface area (Å²) in [6, 6.07) is 21.1. The Morgan fingerprint density at radius 2 is 1.87 bits per heavy atom. The Morgan fingerprint density at radius 1 is 1.00 bits per heavy atom. The van der Waals surface area contributed by atoms with Crippen molar-refractivity contribution in [2.45, 2.75) is 17.5 Å². The van der Waals surface area contributed by atoms with E-state index in [1.54, 1.807) is 22.5 Å². The molecule has 0 atom stereocenters. The Hall–Kier alpha value is -2.94. The van der Waals surface area contributed by atoms with Gasteiger partial charge in [0.2, 0.25) is 0 Å². The molecule has 0 saturated heterocycles. The standard InChI is InChI=1S/C22H16ClN5OS2/c23-15-6-5-8-17(12-15)28-20(13-27-18-9-1-2-10-19(18)31-22(27)29)25-26-21(28)30-14-16-7-3-4-11-24-16/h1-12H,13-14H2. The van der Waals surface area contributed by atoms with Crippen molar-refractivity contribution >= 4 is 44.9 Å². The van der Waals surface area contributed by atoms with Crippen LogP contribution in [0.25, 0.3) is 15.9 Å². The molecular formula is C22H16ClN5OS2. The summed E-state index contributed by atoms with van der Waals surface area (Å²) in [6.07, 6.45) is 1.77. The van der Waals surface area contributed by atoms with Gasteiger partial charge in [0.05, 0.1) is 28.1 Å². The van der Waals surface area contributed by atoms with Crippen LogP contribution < -0.4 is 4.87 Å². The number of hydrogen-bond donors (Lipinski definition) is 0. The third-order valence-corrected chi connectivity index (χ3v) is 6.87. The molecule has 0 aliphatic heterocycles. The molecule has 0 radical (unpaired) electrons. The van der Waals surface area contributed by atoms with E-state index < -0.39 is 0 Å². The van der Waals surface area contributed by atoms with Crippen molar-refractivity contribution in [1.29, 1.82) is 0 Å². The zero-order chi connectivity index (χ0) is 21.2. The van der Waals surface area contributed by atoms with Crippen molar-refractivity contribution in [1.82, 2.24) is 24.3 Å². The normalized spacial score (nSPS) is 11.3. The Balaban J connectivity index is 1.56. The van der Waals surface area contributed by atoms with E-state index in [0.29, 0.717) is 23.1 Å². The minimum absolute atomic E-state index is 0.0236. The van der Waals surface area contributed by atoms with Crippen LogP contribution in [0.5, 0.6) is 0 Å². The SMILES string of the molecule is O=c1sc2ccccc2n1Cc1nnc(SCc2ccccn2)n1-c1cccc(Cl)c1. The van der Waals surface area contributed by atoms with E-state index in [0.717, 1.165) is 26.8 Å². The molecule has 0 fully saturated rings. The van der Waals surface area contributed by atoms with Gasteiger partial charge in [0.1, 0.15) is 0 Å². The van der Waals surface area contributed by atoms with Gasteiger partial charge in [-0.15, -0.1) is 10.2 Å². The summed E-state index contributed by atoms with van der Waals surface area (Å²) >= 11 is 9.03. The molecule has 0 saturated carbocycles. The van der Waals surface area contributed by atoms with Gasteiger partial charge in [-0.25, -0.2) is 0 Å². The highest BCUT2D eigenvalue weighted by Gasteiger charge is 2.18. The Bertz CT molecular complexity index is 1410. The average Bonchev–Trinajstić information content (AvgIpc) is 3.34. The van der Waals surface area contributed by atoms with Crippen LogP contribution in [-0.4, -0.2) is 24.3 Å². The summed E-state index contributed by atoms with van der Waals surface area (Å²) in [4.78, 5) is 17.0. The second-order valence-corrected chi connectivity index (χ2v) is 9.12. The van der Waals surface area contributed by atoms with E-state index in [4.69, 9.17) is 11.6 Å². The molecule has 5 aromatic rings. The second-order valence-electron chi connectivity index (χ2n) is 6.75. The first-order chi connectivity index (χ1) is 15.2. The molecule has 6 nitrogen and oxygen atoms in total. The average molecular weight is 466 g/mol. The maximum atomic E-state index is 12.7. The van der Waals surface area contributed by atoms with Gasteiger partial charge in [0, 0.05) is 17.0 Å². The monoisotopic (exact) mass is 465 g/mol. The highest BCUT2D eigenvalue weighted by Crippen LogP contribution is 2.27. The smallest absolute Gasteiger partial charge is 0.291 e. The predicted molar refractivity (Wildman–Crippen MR) is 125 cm³/mol. The topological polar surface area (TPSA) is 65.6 Å². The van der Waals surface area contributed by atoms with Crippen LogP contribution in [0.4, 0.5) is 0 Å². The Kier molecular flexibility index (Phi) is 5.59. The van der Waals surface area contributed by atoms with Crippen molar-refractivity contribution < 1.29 is 0 Å². The molecule has 0 amide bonds. The number of hydrogen-bond acceptors (Lipinski definition) is 6. The summed E-state index contributed by atoms with van der Waals surface area (Å²) in [5, 5.41) is 10.2. The first-order valence-electron chi connectivity index (χ1n) is 9.50. The van der Waals surface area contributed by atoms with Crippen molar-refractivity contribution in [3.63, 3.8) is 0 Å². The number of aromatic nitrogens is 5. The Morgan fingerprint density at radius 3 is 2.71 bits per heavy atom. The number of nitrogens with zero attached hydrogens (tertiary/aromatic N) is 5. The van der Waals surface area contributed by atoms with Gasteiger partial charge in [-0.2, -0.15) is 0 Å². The highest BCUT2D eigenvalue weighted by molar-refractivity contribution is 7.98. The van der Waals surface area contributed by atoms with Crippen LogP contribution >= 0.6 is 34.7 Å². The summed E-state index contributed by atoms with van der Waals surface area (Å²) < 4.78 is 4.64. The van der Waals surface area contributed by atoms with Crippen LogP contribution in [0.2, 0.25) is 5.02 Å². The predicted octanol–water partition coefficient (Wildman–Crippen LogP) is 5.03. The number of rotatable bonds is 6. The van der Waals surface area contributed by atoms with Gasteiger partial charge >= 0.3 is 4.87 Å². The van der Waals surface area contributed by atoms with Crippen molar-refractivity contribution in [2.24, 2.45) is 0 Å². The third-order valence-electron chi connectivity index (χ3n) is 4.72. The van der Waals surface area contributed by atoms with Gasteiger partial charge in [0.15, 0.2) is 11.0 Å². The maximum Gasteiger partial charge on any atom is 0.308 e. The lowest BCUT2D eigenvalue weighted by molar-refractivity contribution is 0.726. The van der Waals surface area contributed by atoms with Gasteiger partial charge in [-0.05, 0) is 42.5 Å². The quantitative estimate of drug-likeness (QED) is 0.329. The summed E-state index contributed by atoms with van der Waals surface area (Å²) in [6.45, 7) is 0.312. The van der Waals surface area contributed by atoms with Crippen LogP contribution in [-0.2, 0) is 12.3 Å². The molecule has 0 aliphatic carbocycles. The number of thiazole rings is 1. The minimum Gasteiger partial charge on any atom is -0.291 e. The molecule has 3 heterocycles. The lowest BCUT2D eigenvalue weighted by atomic mass is 10.3. The first kappa shape index (κ1) is 20.0. The number of para-hydroxylation sites is 1. The van der Waals surface area contributed by atoms with Gasteiger partial charge < -0.3 is 0 Å². The molecule has 0 spiro atoms. The van der Waals surface area contributed by atoms with E-state index in [9.17, 15) is 4.79 Å². The molecule has 0 aliphatic rings. The van der Waals surface area contributed by atoms with E-state index in [-0.39, 0.29) is 4.87 Å². The Labute approximate surface area is 191 Å². The van der Waals surface area contributed by atoms with E-state index in [1.165, 1.54) is 11.3 Å². The molecule has 154 valence electrons. The molecule has 0 N–H and O–H groups in total. The van der Waals surface area contributed by atoms with E-state index in [1.807, 2.05) is 71.3 Å². The van der Waals surface area contributed by atoms with Crippen LogP contribution in [0.1, 0.15) is 11.5 Å². The molecule has 0 bridgehead atoms. The maximum absolute atomic E-state index is 12.7. The fourth-order valence-corrected chi connectivity index (χ4v) is 5.26. The molecule has 9 heteroatoms. The van der Waals surface area contributed by atoms with Crippen molar-refractivity contribution in [3.8, 4) is 5.69 Å². The van der Waals surface area contributed by atoms with Gasteiger partial charge in [-0.3, -0.25) is 18.9 Å². The van der Waals surface area contributed by atoms with Gasteiger partial charge in [0.25, 0.3) is 0 Å². The number of pyridine rings is 1. The lowest BCUT2D eigenvalue weighted by Crippen LogP contribution is -2.16. The molecule has 2 aromatic carbocycles. The van der Waals surface area contributed by atoms with Crippen LogP contribution in [0, 0.1) is 0 Å². The first-order valence-corrected chi connectivity index (χ1v) is 11.7. The lowest BCUT2D eigenvalue weighted by Gasteiger charge is -2.11. The zero-order valence-corrected chi connectivity index (χ0v) is 18.6. The number of benzene rings is 2. The largest absolute Gasteiger partial charge is 0.308 e. The summed E-state index contributed by atoms with van der Waals surface area (Å²) in [5.74, 6) is 1.32. The van der Waals surface area contributed by atoms with E-state index in [2.05, 4.69) is 15.2 Å². The number of fused-ring (bicyclic) bond motifs is 1. The highest BCUT2D eigenvalue weighted by atomic mass is 35.5. The molecule has 0 unspecified atom stereocenters. The molecule has 3 aromatic heterocycles.